The van der Waals surface area contributed by atoms with Crippen LogP contribution in [0.15, 0.2) is 41.6 Å². The van der Waals surface area contributed by atoms with Gasteiger partial charge >= 0.3 is 0 Å². The number of carbonyl (C=O) groups excluding carboxylic acids is 1. The van der Waals surface area contributed by atoms with Gasteiger partial charge in [0.25, 0.3) is 0 Å². The lowest BCUT2D eigenvalue weighted by molar-refractivity contribution is -0.115. The molecule has 3 aromatic rings. The fraction of sp³-hybridized carbons (Fsp3) is 0.263. The maximum absolute atomic E-state index is 12.5. The highest BCUT2D eigenvalue weighted by Crippen LogP contribution is 2.33. The van der Waals surface area contributed by atoms with Gasteiger partial charge in [0.15, 0.2) is 16.7 Å². The number of H-pyrrole nitrogens is 1. The van der Waals surface area contributed by atoms with Gasteiger partial charge in [0.05, 0.1) is 16.3 Å². The normalized spacial score (nSPS) is 14.2. The molecule has 6 nitrogen and oxygen atoms in total. The predicted molar refractivity (Wildman–Crippen MR) is 102 cm³/mol. The standard InChI is InChI=1S/C19H19N3O3S/c1-11-3-5-14-15(9-11)22-19(21-14)26-12(2)18(23)20-13-4-6-16-17(10-13)25-8-7-24-16/h3-6,9-10,12H,7-8H2,1-2H3,(H,20,23)(H,21,22)/t12-/m0/s1. The lowest BCUT2D eigenvalue weighted by Crippen LogP contribution is -2.23. The van der Waals surface area contributed by atoms with Gasteiger partial charge in [-0.3, -0.25) is 4.79 Å². The van der Waals surface area contributed by atoms with Crippen molar-refractivity contribution in [1.29, 1.82) is 0 Å². The Balaban J connectivity index is 1.43. The summed E-state index contributed by atoms with van der Waals surface area (Å²) >= 11 is 1.40. The summed E-state index contributed by atoms with van der Waals surface area (Å²) < 4.78 is 11.0. The van der Waals surface area contributed by atoms with Gasteiger partial charge in [-0.15, -0.1) is 0 Å². The van der Waals surface area contributed by atoms with Crippen LogP contribution in [0.1, 0.15) is 12.5 Å². The van der Waals surface area contributed by atoms with E-state index in [1.165, 1.54) is 17.3 Å². The second-order valence-electron chi connectivity index (χ2n) is 6.17. The molecule has 0 bridgehead atoms. The molecule has 1 atom stereocenters. The molecule has 1 amide bonds. The average Bonchev–Trinajstić information content (AvgIpc) is 3.02. The Bertz CT molecular complexity index is 970. The largest absolute Gasteiger partial charge is 0.486 e. The van der Waals surface area contributed by atoms with Crippen molar-refractivity contribution in [2.45, 2.75) is 24.3 Å². The minimum absolute atomic E-state index is 0.0942. The van der Waals surface area contributed by atoms with Gasteiger partial charge in [0.1, 0.15) is 13.2 Å². The maximum Gasteiger partial charge on any atom is 0.237 e. The van der Waals surface area contributed by atoms with Gasteiger partial charge in [-0.2, -0.15) is 0 Å². The number of aryl methyl sites for hydroxylation is 1. The van der Waals surface area contributed by atoms with E-state index in [9.17, 15) is 4.79 Å². The second-order valence-corrected chi connectivity index (χ2v) is 7.50. The van der Waals surface area contributed by atoms with Gasteiger partial charge in [-0.25, -0.2) is 4.98 Å². The fourth-order valence-corrected chi connectivity index (χ4v) is 3.56. The summed E-state index contributed by atoms with van der Waals surface area (Å²) in [6.07, 6.45) is 0. The van der Waals surface area contributed by atoms with Crippen LogP contribution in [0.2, 0.25) is 0 Å². The van der Waals surface area contributed by atoms with E-state index in [-0.39, 0.29) is 11.2 Å². The number of aromatic amines is 1. The molecule has 0 saturated heterocycles. The molecule has 0 unspecified atom stereocenters. The Hall–Kier alpha value is -2.67. The molecule has 7 heteroatoms. The number of hydrogen-bond acceptors (Lipinski definition) is 5. The minimum Gasteiger partial charge on any atom is -0.486 e. The van der Waals surface area contributed by atoms with E-state index in [2.05, 4.69) is 15.3 Å². The highest BCUT2D eigenvalue weighted by atomic mass is 32.2. The van der Waals surface area contributed by atoms with Gasteiger partial charge < -0.3 is 19.8 Å². The number of imidazole rings is 1. The van der Waals surface area contributed by atoms with Gasteiger partial charge in [-0.1, -0.05) is 17.8 Å². The first-order valence-electron chi connectivity index (χ1n) is 8.42. The minimum atomic E-state index is -0.301. The van der Waals surface area contributed by atoms with Gasteiger partial charge in [-0.05, 0) is 43.7 Å². The van der Waals surface area contributed by atoms with Crippen LogP contribution in [-0.4, -0.2) is 34.3 Å². The summed E-state index contributed by atoms with van der Waals surface area (Å²) in [6.45, 7) is 4.96. The molecule has 134 valence electrons. The number of aromatic nitrogens is 2. The van der Waals surface area contributed by atoms with Crippen LogP contribution in [-0.2, 0) is 4.79 Å². The van der Waals surface area contributed by atoms with Crippen LogP contribution in [0, 0.1) is 6.92 Å². The SMILES string of the molecule is Cc1ccc2nc(S[C@@H](C)C(=O)Nc3ccc4c(c3)OCCO4)[nH]c2c1. The Labute approximate surface area is 155 Å². The first kappa shape index (κ1) is 16.8. The third kappa shape index (κ3) is 3.48. The molecule has 0 radical (unpaired) electrons. The van der Waals surface area contributed by atoms with E-state index in [0.717, 1.165) is 16.2 Å². The third-order valence-corrected chi connectivity index (χ3v) is 5.07. The molecule has 1 aliphatic heterocycles. The zero-order valence-corrected chi connectivity index (χ0v) is 15.4. The van der Waals surface area contributed by atoms with Crippen molar-refractivity contribution in [3.63, 3.8) is 0 Å². The quantitative estimate of drug-likeness (QED) is 0.685. The Morgan fingerprint density at radius 3 is 2.85 bits per heavy atom. The van der Waals surface area contributed by atoms with Crippen LogP contribution >= 0.6 is 11.8 Å². The molecule has 26 heavy (non-hydrogen) atoms. The summed E-state index contributed by atoms with van der Waals surface area (Å²) in [4.78, 5) is 20.3. The Morgan fingerprint density at radius 2 is 2.00 bits per heavy atom. The summed E-state index contributed by atoms with van der Waals surface area (Å²) in [5.74, 6) is 1.26. The van der Waals surface area contributed by atoms with E-state index < -0.39 is 0 Å². The van der Waals surface area contributed by atoms with E-state index in [1.54, 1.807) is 6.07 Å². The topological polar surface area (TPSA) is 76.2 Å². The summed E-state index contributed by atoms with van der Waals surface area (Å²) in [5.41, 5.74) is 3.73. The number of rotatable bonds is 4. The summed E-state index contributed by atoms with van der Waals surface area (Å²) in [6, 6.07) is 11.5. The monoisotopic (exact) mass is 369 g/mol. The summed E-state index contributed by atoms with van der Waals surface area (Å²) in [5, 5.41) is 3.35. The molecule has 2 heterocycles. The zero-order valence-electron chi connectivity index (χ0n) is 14.5. The van der Waals surface area contributed by atoms with Crippen molar-refractivity contribution in [3.05, 3.63) is 42.0 Å². The fourth-order valence-electron chi connectivity index (χ4n) is 2.74. The van der Waals surface area contributed by atoms with Crippen molar-refractivity contribution in [2.24, 2.45) is 0 Å². The lowest BCUT2D eigenvalue weighted by Gasteiger charge is -2.19. The molecular formula is C19H19N3O3S. The van der Waals surface area contributed by atoms with Crippen LogP contribution in [0.5, 0.6) is 11.5 Å². The smallest absolute Gasteiger partial charge is 0.237 e. The number of fused-ring (bicyclic) bond motifs is 2. The van der Waals surface area contributed by atoms with Crippen LogP contribution in [0.4, 0.5) is 5.69 Å². The molecule has 2 aromatic carbocycles. The van der Waals surface area contributed by atoms with Crippen molar-refractivity contribution in [1.82, 2.24) is 9.97 Å². The van der Waals surface area contributed by atoms with E-state index in [4.69, 9.17) is 9.47 Å². The van der Waals surface area contributed by atoms with E-state index >= 15 is 0 Å². The van der Waals surface area contributed by atoms with Crippen molar-refractivity contribution in [2.75, 3.05) is 18.5 Å². The van der Waals surface area contributed by atoms with Crippen LogP contribution < -0.4 is 14.8 Å². The number of thioether (sulfide) groups is 1. The number of hydrogen-bond donors (Lipinski definition) is 2. The van der Waals surface area contributed by atoms with E-state index in [0.29, 0.717) is 30.4 Å². The molecule has 0 saturated carbocycles. The molecular weight excluding hydrogens is 350 g/mol. The van der Waals surface area contributed by atoms with Crippen molar-refractivity contribution < 1.29 is 14.3 Å². The molecule has 2 N–H and O–H groups in total. The van der Waals surface area contributed by atoms with Crippen molar-refractivity contribution >= 4 is 34.4 Å². The second kappa shape index (κ2) is 6.92. The number of benzene rings is 2. The lowest BCUT2D eigenvalue weighted by atomic mass is 10.2. The Morgan fingerprint density at radius 1 is 1.19 bits per heavy atom. The molecule has 0 spiro atoms. The van der Waals surface area contributed by atoms with Gasteiger partial charge in [0.2, 0.25) is 5.91 Å². The van der Waals surface area contributed by atoms with Crippen LogP contribution in [0.25, 0.3) is 11.0 Å². The van der Waals surface area contributed by atoms with Crippen LogP contribution in [0.3, 0.4) is 0 Å². The number of nitrogens with zero attached hydrogens (tertiary/aromatic N) is 1. The number of amides is 1. The van der Waals surface area contributed by atoms with E-state index in [1.807, 2.05) is 44.2 Å². The van der Waals surface area contributed by atoms with Crippen molar-refractivity contribution in [3.8, 4) is 11.5 Å². The molecule has 0 aliphatic carbocycles. The Kier molecular flexibility index (Phi) is 4.46. The number of anilines is 1. The maximum atomic E-state index is 12.5. The summed E-state index contributed by atoms with van der Waals surface area (Å²) in [7, 11) is 0. The third-order valence-electron chi connectivity index (χ3n) is 4.08. The number of nitrogens with one attached hydrogen (secondary N) is 2. The first-order chi connectivity index (χ1) is 12.6. The predicted octanol–water partition coefficient (Wildman–Crippen LogP) is 3.76. The number of ether oxygens (including phenoxy) is 2. The number of carbonyl (C=O) groups is 1. The molecule has 1 aromatic heterocycles. The average molecular weight is 369 g/mol. The zero-order chi connectivity index (χ0) is 18.1. The highest BCUT2D eigenvalue weighted by Gasteiger charge is 2.18. The molecule has 4 rings (SSSR count). The van der Waals surface area contributed by atoms with Gasteiger partial charge in [0, 0.05) is 11.8 Å². The first-order valence-corrected chi connectivity index (χ1v) is 9.30. The highest BCUT2D eigenvalue weighted by molar-refractivity contribution is 8.00. The molecule has 0 fully saturated rings. The molecule has 1 aliphatic rings.